The molecule has 0 N–H and O–H groups in total. The lowest BCUT2D eigenvalue weighted by molar-refractivity contribution is 0.445. The lowest BCUT2D eigenvalue weighted by Gasteiger charge is -2.38. The van der Waals surface area contributed by atoms with Crippen LogP contribution < -0.4 is 14.4 Å². The van der Waals surface area contributed by atoms with Gasteiger partial charge in [0.05, 0.1) is 44.8 Å². The maximum absolute atomic E-state index is 6.76. The zero-order chi connectivity index (χ0) is 44.9. The Morgan fingerprint density at radius 3 is 1.43 bits per heavy atom. The fourth-order valence-electron chi connectivity index (χ4n) is 11.8. The molecule has 2 aromatic heterocycles. The van der Waals surface area contributed by atoms with E-state index in [1.807, 2.05) is 24.3 Å². The van der Waals surface area contributed by atoms with E-state index in [-0.39, 0.29) is 0 Å². The summed E-state index contributed by atoms with van der Waals surface area (Å²) >= 11 is 0. The first-order valence-electron chi connectivity index (χ1n) is 23.6. The highest BCUT2D eigenvalue weighted by molar-refractivity contribution is 6.19. The number of hydrogen-bond acceptors (Lipinski definition) is 3. The summed E-state index contributed by atoms with van der Waals surface area (Å²) in [6.45, 7) is 0. The average molecular weight is 880 g/mol. The zero-order valence-corrected chi connectivity index (χ0v) is 37.0. The highest BCUT2D eigenvalue weighted by atomic mass is 16.5. The lowest BCUT2D eigenvalue weighted by atomic mass is 9.99. The van der Waals surface area contributed by atoms with Crippen molar-refractivity contribution in [1.29, 1.82) is 0 Å². The number of para-hydroxylation sites is 5. The summed E-state index contributed by atoms with van der Waals surface area (Å²) in [4.78, 5) is 2.27. The molecule has 0 bridgehead atoms. The predicted molar refractivity (Wildman–Crippen MR) is 283 cm³/mol. The van der Waals surface area contributed by atoms with Crippen LogP contribution >= 0.6 is 0 Å². The van der Waals surface area contributed by atoms with Gasteiger partial charge in [-0.15, -0.1) is 0 Å². The first-order valence-corrected chi connectivity index (χ1v) is 23.6. The van der Waals surface area contributed by atoms with E-state index >= 15 is 0 Å². The van der Waals surface area contributed by atoms with Crippen molar-refractivity contribution in [3.63, 3.8) is 0 Å². The van der Waals surface area contributed by atoms with Crippen molar-refractivity contribution in [1.82, 2.24) is 9.13 Å². The van der Waals surface area contributed by atoms with E-state index in [2.05, 4.69) is 214 Å². The van der Waals surface area contributed by atoms with Gasteiger partial charge < -0.3 is 18.6 Å². The van der Waals surface area contributed by atoms with Crippen LogP contribution in [0.3, 0.4) is 0 Å². The van der Waals surface area contributed by atoms with Crippen molar-refractivity contribution in [2.24, 2.45) is 0 Å². The van der Waals surface area contributed by atoms with Crippen LogP contribution in [0, 0.1) is 0 Å². The van der Waals surface area contributed by atoms with Crippen molar-refractivity contribution in [2.75, 3.05) is 4.90 Å². The van der Waals surface area contributed by atoms with E-state index in [9.17, 15) is 0 Å². The molecule has 3 aliphatic rings. The summed E-state index contributed by atoms with van der Waals surface area (Å²) in [7, 11) is 0. The molecule has 0 unspecified atom stereocenters. The van der Waals surface area contributed by atoms with Crippen LogP contribution in [0.2, 0.25) is 0 Å². The second-order valence-corrected chi connectivity index (χ2v) is 18.4. The summed E-state index contributed by atoms with van der Waals surface area (Å²) in [6.07, 6.45) is 0. The molecule has 5 nitrogen and oxygen atoms in total. The Hall–Kier alpha value is -9.32. The summed E-state index contributed by atoms with van der Waals surface area (Å²) < 4.78 is 18.4. The molecule has 0 radical (unpaired) electrons. The maximum atomic E-state index is 6.76. The van der Waals surface area contributed by atoms with E-state index in [1.165, 1.54) is 88.0 Å². The minimum absolute atomic E-state index is 0.748. The molecule has 0 saturated carbocycles. The summed E-state index contributed by atoms with van der Waals surface area (Å²) in [5.41, 5.74) is 19.5. The summed E-state index contributed by atoms with van der Waals surface area (Å²) in [5.74, 6) is 3.11. The van der Waals surface area contributed by atoms with Crippen LogP contribution in [0.4, 0.5) is 17.1 Å². The Bertz CT molecular complexity index is 4290. The number of rotatable bonds is 4. The van der Waals surface area contributed by atoms with Gasteiger partial charge in [0, 0.05) is 39.1 Å². The van der Waals surface area contributed by atoms with Gasteiger partial charge in [-0.2, -0.15) is 0 Å². The third-order valence-electron chi connectivity index (χ3n) is 14.8. The van der Waals surface area contributed by atoms with Gasteiger partial charge in [0.25, 0.3) is 0 Å². The molecule has 16 rings (SSSR count). The SMILES string of the molecule is c1ccc(-c2ccc3c(c2)c2cc(-c4ccc5c(c4)c4ccccc4n5-c4ccc5c6c(cccc46)-c4ccccc4-5)ccc2n3-c2cc3c4c(c2)Oc2ccccc2N4c2ccccc2O3)cc1. The molecule has 0 fully saturated rings. The standard InChI is InChI=1S/C64H37N3O2/c1-2-13-38(14-3-1)39-25-29-54-50(33-39)51-35-41(26-30-55(51)65(54)42-36-61-64-62(37-42)69-60-24-11-9-22-58(60)67(64)57-21-8-10-23-59(57)68-61)40-27-31-56-49(34-40)45-17-6-7-20-52(45)66(56)53-32-28-47-44-16-5-4-15-43(44)46-18-12-19-48(53)63(46)47/h1-37H. The molecule has 4 heterocycles. The van der Waals surface area contributed by atoms with Crippen LogP contribution in [0.5, 0.6) is 23.0 Å². The van der Waals surface area contributed by atoms with Crippen molar-refractivity contribution < 1.29 is 9.47 Å². The second kappa shape index (κ2) is 13.6. The van der Waals surface area contributed by atoms with E-state index < -0.39 is 0 Å². The zero-order valence-electron chi connectivity index (χ0n) is 37.0. The summed E-state index contributed by atoms with van der Waals surface area (Å²) in [6, 6.07) is 81.3. The van der Waals surface area contributed by atoms with E-state index in [4.69, 9.17) is 9.47 Å². The average Bonchev–Trinajstić information content (AvgIpc) is 4.04. The van der Waals surface area contributed by atoms with Crippen molar-refractivity contribution in [3.8, 4) is 78.9 Å². The third kappa shape index (κ3) is 5.08. The van der Waals surface area contributed by atoms with Gasteiger partial charge >= 0.3 is 0 Å². The van der Waals surface area contributed by atoms with Crippen LogP contribution in [0.25, 0.3) is 110 Å². The monoisotopic (exact) mass is 879 g/mol. The van der Waals surface area contributed by atoms with Gasteiger partial charge in [-0.1, -0.05) is 140 Å². The van der Waals surface area contributed by atoms with Gasteiger partial charge in [0.1, 0.15) is 5.69 Å². The molecule has 0 saturated heterocycles. The van der Waals surface area contributed by atoms with E-state index in [1.54, 1.807) is 0 Å². The summed E-state index contributed by atoms with van der Waals surface area (Å²) in [5, 5.41) is 7.39. The number of anilines is 3. The molecular formula is C64H37N3O2. The number of benzene rings is 11. The van der Waals surface area contributed by atoms with Crippen molar-refractivity contribution in [3.05, 3.63) is 224 Å². The van der Waals surface area contributed by atoms with Gasteiger partial charge in [-0.3, -0.25) is 4.90 Å². The molecule has 0 atom stereocenters. The Kier molecular flexibility index (Phi) is 7.28. The number of aromatic nitrogens is 2. The molecule has 320 valence electrons. The predicted octanol–water partition coefficient (Wildman–Crippen LogP) is 17.7. The van der Waals surface area contributed by atoms with E-state index in [0.717, 1.165) is 62.3 Å². The van der Waals surface area contributed by atoms with Crippen molar-refractivity contribution >= 4 is 71.4 Å². The molecular weight excluding hydrogens is 843 g/mol. The van der Waals surface area contributed by atoms with Crippen molar-refractivity contribution in [2.45, 2.75) is 0 Å². The Morgan fingerprint density at radius 2 is 0.768 bits per heavy atom. The van der Waals surface area contributed by atoms with Crippen LogP contribution in [0.15, 0.2) is 224 Å². The van der Waals surface area contributed by atoms with Gasteiger partial charge in [-0.05, 0) is 123 Å². The number of nitrogens with zero attached hydrogens (tertiary/aromatic N) is 3. The molecule has 2 aliphatic heterocycles. The fourth-order valence-corrected chi connectivity index (χ4v) is 11.8. The smallest absolute Gasteiger partial charge is 0.157 e. The van der Waals surface area contributed by atoms with E-state index in [0.29, 0.717) is 0 Å². The Balaban J connectivity index is 0.887. The van der Waals surface area contributed by atoms with Crippen LogP contribution in [0.1, 0.15) is 0 Å². The molecule has 1 aliphatic carbocycles. The quantitative estimate of drug-likeness (QED) is 0.176. The number of fused-ring (bicyclic) bond motifs is 13. The Labute approximate surface area is 396 Å². The molecule has 11 aromatic carbocycles. The van der Waals surface area contributed by atoms with Gasteiger partial charge in [-0.25, -0.2) is 0 Å². The highest BCUT2D eigenvalue weighted by Gasteiger charge is 2.35. The maximum Gasteiger partial charge on any atom is 0.157 e. The molecule has 5 heteroatoms. The normalized spacial score (nSPS) is 12.8. The first kappa shape index (κ1) is 36.8. The Morgan fingerprint density at radius 1 is 0.275 bits per heavy atom. The topological polar surface area (TPSA) is 31.6 Å². The number of hydrogen-bond donors (Lipinski definition) is 0. The van der Waals surface area contributed by atoms with Gasteiger partial charge in [0.2, 0.25) is 0 Å². The van der Waals surface area contributed by atoms with Gasteiger partial charge in [0.15, 0.2) is 23.0 Å². The molecule has 0 spiro atoms. The highest BCUT2D eigenvalue weighted by Crippen LogP contribution is 2.60. The minimum atomic E-state index is 0.748. The number of ether oxygens (including phenoxy) is 2. The third-order valence-corrected chi connectivity index (χ3v) is 14.8. The minimum Gasteiger partial charge on any atom is -0.453 e. The molecule has 13 aromatic rings. The lowest BCUT2D eigenvalue weighted by Crippen LogP contribution is -2.20. The first-order chi connectivity index (χ1) is 34.2. The fraction of sp³-hybridized carbons (Fsp3) is 0. The second-order valence-electron chi connectivity index (χ2n) is 18.4. The largest absolute Gasteiger partial charge is 0.453 e. The van der Waals surface area contributed by atoms with Crippen LogP contribution in [-0.4, -0.2) is 9.13 Å². The molecule has 0 amide bonds. The molecule has 69 heavy (non-hydrogen) atoms. The van der Waals surface area contributed by atoms with Crippen LogP contribution in [-0.2, 0) is 0 Å².